The maximum absolute atomic E-state index is 12.7. The van der Waals surface area contributed by atoms with Crippen LogP contribution in [0.5, 0.6) is 5.75 Å². The Morgan fingerprint density at radius 3 is 2.56 bits per heavy atom. The number of amides is 1. The summed E-state index contributed by atoms with van der Waals surface area (Å²) in [5, 5.41) is 2.92. The van der Waals surface area contributed by atoms with Gasteiger partial charge in [-0.3, -0.25) is 9.78 Å². The quantitative estimate of drug-likeness (QED) is 0.821. The molecule has 2 atom stereocenters. The fraction of sp³-hybridized carbons (Fsp3) is 0.381. The van der Waals surface area contributed by atoms with Crippen LogP contribution in [0.15, 0.2) is 48.7 Å². The summed E-state index contributed by atoms with van der Waals surface area (Å²) in [5.41, 5.74) is 0.356. The summed E-state index contributed by atoms with van der Waals surface area (Å²) in [4.78, 5) is 29.4. The molecule has 1 aliphatic rings. The molecule has 0 spiro atoms. The molecule has 1 heterocycles. The second-order valence-electron chi connectivity index (χ2n) is 6.81. The fourth-order valence-electron chi connectivity index (χ4n) is 3.76. The Morgan fingerprint density at radius 2 is 1.93 bits per heavy atom. The van der Waals surface area contributed by atoms with E-state index in [1.165, 1.54) is 7.11 Å². The van der Waals surface area contributed by atoms with Gasteiger partial charge in [0, 0.05) is 6.20 Å². The molecule has 2 unspecified atom stereocenters. The van der Waals surface area contributed by atoms with E-state index in [0.717, 1.165) is 24.2 Å². The van der Waals surface area contributed by atoms with E-state index in [-0.39, 0.29) is 17.5 Å². The molecule has 1 aromatic carbocycles. The van der Waals surface area contributed by atoms with Crippen molar-refractivity contribution in [2.45, 2.75) is 37.1 Å². The lowest BCUT2D eigenvalue weighted by atomic mass is 9.73. The van der Waals surface area contributed by atoms with Crippen LogP contribution in [0.25, 0.3) is 0 Å². The van der Waals surface area contributed by atoms with Crippen molar-refractivity contribution in [1.82, 2.24) is 10.3 Å². The molecule has 6 heteroatoms. The molecule has 1 aromatic heterocycles. The molecule has 142 valence electrons. The number of esters is 1. The van der Waals surface area contributed by atoms with Gasteiger partial charge in [0.1, 0.15) is 17.0 Å². The first kappa shape index (κ1) is 18.9. The Morgan fingerprint density at radius 1 is 1.15 bits per heavy atom. The van der Waals surface area contributed by atoms with Crippen LogP contribution in [-0.4, -0.2) is 36.6 Å². The van der Waals surface area contributed by atoms with Gasteiger partial charge in [0.15, 0.2) is 0 Å². The van der Waals surface area contributed by atoms with E-state index in [0.29, 0.717) is 12.8 Å². The molecule has 1 saturated carbocycles. The Kier molecular flexibility index (Phi) is 5.74. The summed E-state index contributed by atoms with van der Waals surface area (Å²) in [6.07, 6.45) is 4.36. The van der Waals surface area contributed by atoms with Crippen LogP contribution in [-0.2, 0) is 9.53 Å². The largest absolute Gasteiger partial charge is 0.497 e. The second-order valence-corrected chi connectivity index (χ2v) is 6.81. The number of carbonyl (C=O) groups is 2. The third-order valence-electron chi connectivity index (χ3n) is 5.16. The minimum atomic E-state index is -1.05. The predicted octanol–water partition coefficient (Wildman–Crippen LogP) is 3.09. The molecule has 6 nitrogen and oxygen atoms in total. The highest BCUT2D eigenvalue weighted by Crippen LogP contribution is 2.40. The van der Waals surface area contributed by atoms with Crippen LogP contribution >= 0.6 is 0 Å². The first-order valence-electron chi connectivity index (χ1n) is 9.04. The van der Waals surface area contributed by atoms with E-state index in [9.17, 15) is 9.59 Å². The molecular weight excluding hydrogens is 344 g/mol. The number of rotatable bonds is 5. The van der Waals surface area contributed by atoms with Gasteiger partial charge < -0.3 is 14.8 Å². The Hall–Kier alpha value is -2.89. The summed E-state index contributed by atoms with van der Waals surface area (Å²) in [6.45, 7) is 0. The van der Waals surface area contributed by atoms with Crippen molar-refractivity contribution in [3.63, 3.8) is 0 Å². The number of nitrogens with zero attached hydrogens (tertiary/aromatic N) is 1. The Bertz CT molecular complexity index is 792. The third-order valence-corrected chi connectivity index (χ3v) is 5.16. The molecular formula is C21H24N2O4. The second kappa shape index (κ2) is 8.20. The van der Waals surface area contributed by atoms with Crippen molar-refractivity contribution in [2.75, 3.05) is 14.2 Å². The fourth-order valence-corrected chi connectivity index (χ4v) is 3.76. The molecule has 1 N–H and O–H groups in total. The smallest absolute Gasteiger partial charge is 0.331 e. The average Bonchev–Trinajstić information content (AvgIpc) is 2.74. The van der Waals surface area contributed by atoms with Gasteiger partial charge in [-0.05, 0) is 61.4 Å². The topological polar surface area (TPSA) is 77.5 Å². The number of hydrogen-bond acceptors (Lipinski definition) is 5. The number of methoxy groups -OCH3 is 2. The van der Waals surface area contributed by atoms with Crippen LogP contribution in [0.4, 0.5) is 0 Å². The zero-order chi connectivity index (χ0) is 19.3. The zero-order valence-corrected chi connectivity index (χ0v) is 15.6. The number of carbonyl (C=O) groups excluding carboxylic acids is 2. The molecule has 0 bridgehead atoms. The molecule has 2 aromatic rings. The van der Waals surface area contributed by atoms with Crippen LogP contribution in [0.1, 0.15) is 47.7 Å². The van der Waals surface area contributed by atoms with Gasteiger partial charge in [-0.2, -0.15) is 0 Å². The molecule has 3 rings (SSSR count). The minimum Gasteiger partial charge on any atom is -0.497 e. The lowest BCUT2D eigenvalue weighted by Crippen LogP contribution is -2.57. The zero-order valence-electron chi connectivity index (χ0n) is 15.6. The number of ether oxygens (including phenoxy) is 2. The number of pyridine rings is 1. The van der Waals surface area contributed by atoms with Crippen molar-refractivity contribution in [2.24, 2.45) is 0 Å². The molecule has 27 heavy (non-hydrogen) atoms. The van der Waals surface area contributed by atoms with Gasteiger partial charge >= 0.3 is 5.97 Å². The summed E-state index contributed by atoms with van der Waals surface area (Å²) in [7, 11) is 2.99. The SMILES string of the molecule is COC(=O)C1(NC(=O)c2ccccn2)CCCC(c2ccc(OC)cc2)C1. The summed E-state index contributed by atoms with van der Waals surface area (Å²) >= 11 is 0. The van der Waals surface area contributed by atoms with E-state index >= 15 is 0 Å². The maximum Gasteiger partial charge on any atom is 0.331 e. The number of hydrogen-bond donors (Lipinski definition) is 1. The van der Waals surface area contributed by atoms with Crippen molar-refractivity contribution in [3.05, 3.63) is 59.9 Å². The highest BCUT2D eigenvalue weighted by Gasteiger charge is 2.45. The number of benzene rings is 1. The standard InChI is InChI=1S/C21H24N2O4/c1-26-17-10-8-15(9-11-17)16-6-5-12-21(14-16,20(25)27-2)23-19(24)18-7-3-4-13-22-18/h3-4,7-11,13,16H,5-6,12,14H2,1-2H3,(H,23,24). The van der Waals surface area contributed by atoms with E-state index in [4.69, 9.17) is 9.47 Å². The number of aromatic nitrogens is 1. The molecule has 1 amide bonds. The highest BCUT2D eigenvalue weighted by molar-refractivity contribution is 5.96. The molecule has 0 radical (unpaired) electrons. The van der Waals surface area contributed by atoms with Gasteiger partial charge in [-0.25, -0.2) is 4.79 Å². The lowest BCUT2D eigenvalue weighted by molar-refractivity contribution is -0.150. The number of nitrogens with one attached hydrogen (secondary N) is 1. The molecule has 1 aliphatic carbocycles. The van der Waals surface area contributed by atoms with Crippen molar-refractivity contribution < 1.29 is 19.1 Å². The third kappa shape index (κ3) is 4.10. The first-order valence-corrected chi connectivity index (χ1v) is 9.04. The monoisotopic (exact) mass is 368 g/mol. The maximum atomic E-state index is 12.7. The minimum absolute atomic E-state index is 0.146. The summed E-state index contributed by atoms with van der Waals surface area (Å²) in [5.74, 6) is 0.159. The Labute approximate surface area is 158 Å². The van der Waals surface area contributed by atoms with Crippen LogP contribution < -0.4 is 10.1 Å². The van der Waals surface area contributed by atoms with Gasteiger partial charge in [0.25, 0.3) is 5.91 Å². The lowest BCUT2D eigenvalue weighted by Gasteiger charge is -2.39. The van der Waals surface area contributed by atoms with Crippen LogP contribution in [0.2, 0.25) is 0 Å². The van der Waals surface area contributed by atoms with E-state index in [2.05, 4.69) is 10.3 Å². The van der Waals surface area contributed by atoms with E-state index in [1.807, 2.05) is 24.3 Å². The van der Waals surface area contributed by atoms with E-state index < -0.39 is 11.5 Å². The van der Waals surface area contributed by atoms with Crippen molar-refractivity contribution in [1.29, 1.82) is 0 Å². The van der Waals surface area contributed by atoms with Crippen molar-refractivity contribution in [3.8, 4) is 5.75 Å². The Balaban J connectivity index is 1.84. The molecule has 0 aliphatic heterocycles. The predicted molar refractivity (Wildman–Crippen MR) is 101 cm³/mol. The van der Waals surface area contributed by atoms with Gasteiger partial charge in [0.2, 0.25) is 0 Å². The molecule has 1 fully saturated rings. The van der Waals surface area contributed by atoms with Crippen LogP contribution in [0, 0.1) is 0 Å². The first-order chi connectivity index (χ1) is 13.1. The normalized spacial score (nSPS) is 21.9. The van der Waals surface area contributed by atoms with Gasteiger partial charge in [0.05, 0.1) is 14.2 Å². The van der Waals surface area contributed by atoms with Gasteiger partial charge in [-0.15, -0.1) is 0 Å². The summed E-state index contributed by atoms with van der Waals surface area (Å²) in [6, 6.07) is 13.0. The van der Waals surface area contributed by atoms with E-state index in [1.54, 1.807) is 31.5 Å². The van der Waals surface area contributed by atoms with Crippen molar-refractivity contribution >= 4 is 11.9 Å². The average molecular weight is 368 g/mol. The van der Waals surface area contributed by atoms with Crippen LogP contribution in [0.3, 0.4) is 0 Å². The molecule has 0 saturated heterocycles. The van der Waals surface area contributed by atoms with Gasteiger partial charge in [-0.1, -0.05) is 18.2 Å². The summed E-state index contributed by atoms with van der Waals surface area (Å²) < 4.78 is 10.3. The highest BCUT2D eigenvalue weighted by atomic mass is 16.5.